The molecule has 0 aliphatic rings. The first-order valence-electron chi connectivity index (χ1n) is 5.07. The number of nitro benzene ring substituents is 1. The second kappa shape index (κ2) is 6.56. The van der Waals surface area contributed by atoms with Crippen LogP contribution in [0.15, 0.2) is 18.2 Å². The van der Waals surface area contributed by atoms with Gasteiger partial charge in [-0.05, 0) is 18.6 Å². The van der Waals surface area contributed by atoms with Gasteiger partial charge in [0.25, 0.3) is 0 Å². The largest absolute Gasteiger partial charge is 0.484 e. The average molecular weight is 304 g/mol. The zero-order valence-electron chi connectivity index (χ0n) is 9.68. The highest BCUT2D eigenvalue weighted by molar-refractivity contribution is 9.08. The average Bonchev–Trinajstić information content (AvgIpc) is 2.35. The summed E-state index contributed by atoms with van der Waals surface area (Å²) in [6.45, 7) is 2.11. The summed E-state index contributed by atoms with van der Waals surface area (Å²) in [6.07, 6.45) is -0.106. The van der Waals surface area contributed by atoms with Crippen molar-refractivity contribution in [3.63, 3.8) is 0 Å². The van der Waals surface area contributed by atoms with Crippen LogP contribution in [-0.2, 0) is 10.1 Å². The predicted octanol–water partition coefficient (Wildman–Crippen LogP) is 2.90. The molecule has 0 bridgehead atoms. The third-order valence-corrected chi connectivity index (χ3v) is 2.90. The monoisotopic (exact) mass is 303 g/mol. The molecule has 0 aromatic heterocycles. The Bertz CT molecular complexity index is 397. The van der Waals surface area contributed by atoms with Gasteiger partial charge in [0.1, 0.15) is 6.61 Å². The maximum Gasteiger partial charge on any atom is 0.311 e. The molecule has 0 aliphatic heterocycles. The van der Waals surface area contributed by atoms with Crippen LogP contribution in [0.25, 0.3) is 0 Å². The lowest BCUT2D eigenvalue weighted by molar-refractivity contribution is -0.386. The zero-order chi connectivity index (χ0) is 12.8. The van der Waals surface area contributed by atoms with Crippen molar-refractivity contribution in [1.82, 2.24) is 0 Å². The second-order valence-electron chi connectivity index (χ2n) is 3.55. The Morgan fingerprint density at radius 2 is 2.24 bits per heavy atom. The molecule has 0 spiro atoms. The van der Waals surface area contributed by atoms with E-state index in [1.165, 1.54) is 6.07 Å². The molecule has 0 saturated carbocycles. The van der Waals surface area contributed by atoms with Gasteiger partial charge in [-0.25, -0.2) is 0 Å². The zero-order valence-corrected chi connectivity index (χ0v) is 11.3. The summed E-state index contributed by atoms with van der Waals surface area (Å²) >= 11 is 3.26. The summed E-state index contributed by atoms with van der Waals surface area (Å²) in [5.74, 6) is 0.267. The fraction of sp³-hybridized carbons (Fsp3) is 0.455. The fourth-order valence-electron chi connectivity index (χ4n) is 1.19. The van der Waals surface area contributed by atoms with Crippen LogP contribution in [0.2, 0.25) is 0 Å². The normalized spacial score (nSPS) is 12.2. The number of ether oxygens (including phenoxy) is 2. The number of methoxy groups -OCH3 is 1. The molecule has 6 heteroatoms. The van der Waals surface area contributed by atoms with Gasteiger partial charge in [0, 0.05) is 18.5 Å². The lowest BCUT2D eigenvalue weighted by Gasteiger charge is -2.11. The number of hydrogen-bond donors (Lipinski definition) is 0. The van der Waals surface area contributed by atoms with E-state index in [2.05, 4.69) is 15.9 Å². The van der Waals surface area contributed by atoms with E-state index in [0.717, 1.165) is 5.56 Å². The Morgan fingerprint density at radius 1 is 1.53 bits per heavy atom. The summed E-state index contributed by atoms with van der Waals surface area (Å²) in [6, 6.07) is 4.90. The summed E-state index contributed by atoms with van der Waals surface area (Å²) in [5, 5.41) is 11.5. The number of hydrogen-bond acceptors (Lipinski definition) is 4. The topological polar surface area (TPSA) is 61.6 Å². The van der Waals surface area contributed by atoms with E-state index in [4.69, 9.17) is 9.47 Å². The van der Waals surface area contributed by atoms with E-state index in [1.54, 1.807) is 19.2 Å². The van der Waals surface area contributed by atoms with Gasteiger partial charge in [0.05, 0.1) is 11.0 Å². The first kappa shape index (κ1) is 13.9. The third-order valence-electron chi connectivity index (χ3n) is 2.25. The molecule has 1 atom stereocenters. The van der Waals surface area contributed by atoms with E-state index < -0.39 is 4.92 Å². The van der Waals surface area contributed by atoms with Crippen LogP contribution < -0.4 is 4.74 Å². The van der Waals surface area contributed by atoms with Gasteiger partial charge in [-0.2, -0.15) is 0 Å². The minimum absolute atomic E-state index is 0.0229. The molecule has 1 rings (SSSR count). The Hall–Kier alpha value is -1.14. The summed E-state index contributed by atoms with van der Waals surface area (Å²) in [7, 11) is 1.57. The molecular weight excluding hydrogens is 290 g/mol. The molecule has 94 valence electrons. The minimum Gasteiger partial charge on any atom is -0.484 e. The Labute approximate surface area is 108 Å². The molecule has 1 aromatic rings. The van der Waals surface area contributed by atoms with Crippen LogP contribution >= 0.6 is 15.9 Å². The Morgan fingerprint density at radius 3 is 2.76 bits per heavy atom. The van der Waals surface area contributed by atoms with E-state index in [1.807, 2.05) is 6.92 Å². The second-order valence-corrected chi connectivity index (χ2v) is 4.11. The Kier molecular flexibility index (Phi) is 5.37. The fourth-order valence-corrected chi connectivity index (χ4v) is 1.53. The van der Waals surface area contributed by atoms with Crippen molar-refractivity contribution in [3.8, 4) is 5.75 Å². The number of nitrogens with zero attached hydrogens (tertiary/aromatic N) is 1. The van der Waals surface area contributed by atoms with Gasteiger partial charge in [0.2, 0.25) is 0 Å². The van der Waals surface area contributed by atoms with Crippen molar-refractivity contribution in [2.24, 2.45) is 0 Å². The van der Waals surface area contributed by atoms with Crippen LogP contribution in [0.4, 0.5) is 5.69 Å². The van der Waals surface area contributed by atoms with Crippen molar-refractivity contribution in [3.05, 3.63) is 33.9 Å². The molecule has 0 radical (unpaired) electrons. The standard InChI is InChI=1S/C11H14BrNO4/c1-8(16-2)7-17-11-4-3-9(6-12)5-10(11)13(14)15/h3-5,8H,6-7H2,1-2H3. The van der Waals surface area contributed by atoms with Crippen LogP contribution in [0.5, 0.6) is 5.75 Å². The number of rotatable bonds is 6. The van der Waals surface area contributed by atoms with E-state index in [0.29, 0.717) is 5.33 Å². The van der Waals surface area contributed by atoms with E-state index in [9.17, 15) is 10.1 Å². The van der Waals surface area contributed by atoms with Gasteiger partial charge in [-0.1, -0.05) is 22.0 Å². The molecular formula is C11H14BrNO4. The number of halogens is 1. The van der Waals surface area contributed by atoms with Crippen molar-refractivity contribution >= 4 is 21.6 Å². The summed E-state index contributed by atoms with van der Waals surface area (Å²) in [4.78, 5) is 10.4. The molecule has 0 saturated heterocycles. The molecule has 0 aliphatic carbocycles. The van der Waals surface area contributed by atoms with Crippen LogP contribution in [0.3, 0.4) is 0 Å². The number of benzene rings is 1. The van der Waals surface area contributed by atoms with Crippen molar-refractivity contribution in [2.75, 3.05) is 13.7 Å². The maximum atomic E-state index is 10.9. The highest BCUT2D eigenvalue weighted by Crippen LogP contribution is 2.28. The summed E-state index contributed by atoms with van der Waals surface area (Å²) < 4.78 is 10.4. The van der Waals surface area contributed by atoms with E-state index >= 15 is 0 Å². The molecule has 1 aromatic carbocycles. The minimum atomic E-state index is -0.445. The van der Waals surface area contributed by atoms with Crippen molar-refractivity contribution in [1.29, 1.82) is 0 Å². The van der Waals surface area contributed by atoms with Gasteiger partial charge >= 0.3 is 5.69 Å². The molecule has 0 heterocycles. The van der Waals surface area contributed by atoms with Crippen LogP contribution in [-0.4, -0.2) is 24.7 Å². The molecule has 5 nitrogen and oxygen atoms in total. The summed E-state index contributed by atoms with van der Waals surface area (Å²) in [5.41, 5.74) is 0.814. The van der Waals surface area contributed by atoms with Gasteiger partial charge < -0.3 is 9.47 Å². The quantitative estimate of drug-likeness (QED) is 0.460. The number of alkyl halides is 1. The SMILES string of the molecule is COC(C)COc1ccc(CBr)cc1[N+](=O)[O-]. The number of nitro groups is 1. The molecule has 0 fully saturated rings. The smallest absolute Gasteiger partial charge is 0.311 e. The third kappa shape index (κ3) is 3.98. The van der Waals surface area contributed by atoms with Crippen molar-refractivity contribution in [2.45, 2.75) is 18.4 Å². The maximum absolute atomic E-state index is 10.9. The lowest BCUT2D eigenvalue weighted by Crippen LogP contribution is -2.16. The predicted molar refractivity (Wildman–Crippen MR) is 67.7 cm³/mol. The van der Waals surface area contributed by atoms with Gasteiger partial charge in [-0.15, -0.1) is 0 Å². The molecule has 1 unspecified atom stereocenters. The molecule has 0 N–H and O–H groups in total. The van der Waals surface area contributed by atoms with E-state index in [-0.39, 0.29) is 24.1 Å². The van der Waals surface area contributed by atoms with Crippen molar-refractivity contribution < 1.29 is 14.4 Å². The van der Waals surface area contributed by atoms with Gasteiger partial charge in [-0.3, -0.25) is 10.1 Å². The first-order valence-corrected chi connectivity index (χ1v) is 6.19. The highest BCUT2D eigenvalue weighted by Gasteiger charge is 2.16. The first-order chi connectivity index (χ1) is 8.08. The van der Waals surface area contributed by atoms with Gasteiger partial charge in [0.15, 0.2) is 5.75 Å². The van der Waals surface area contributed by atoms with Crippen LogP contribution in [0, 0.1) is 10.1 Å². The Balaban J connectivity index is 2.87. The lowest BCUT2D eigenvalue weighted by atomic mass is 10.2. The van der Waals surface area contributed by atoms with Crippen LogP contribution in [0.1, 0.15) is 12.5 Å². The molecule has 0 amide bonds. The highest BCUT2D eigenvalue weighted by atomic mass is 79.9. The molecule has 17 heavy (non-hydrogen) atoms.